The molecule has 0 atom stereocenters. The van der Waals surface area contributed by atoms with E-state index >= 15 is 0 Å². The standard InChI is InChI=1S/C24H32N2O4/c1-30-22-16-14-21(15-17-22)26-24(29)9-7-5-3-2-4-6-8-23(28)25-20-12-10-19(18-27)11-13-20/h10-17,27H,2-9,18H2,1H3,(H,25,28)(H,26,29). The lowest BCUT2D eigenvalue weighted by molar-refractivity contribution is -0.117. The first-order valence-electron chi connectivity index (χ1n) is 10.5. The summed E-state index contributed by atoms with van der Waals surface area (Å²) in [6.07, 6.45) is 6.91. The predicted octanol–water partition coefficient (Wildman–Crippen LogP) is 4.89. The first-order valence-corrected chi connectivity index (χ1v) is 10.5. The van der Waals surface area contributed by atoms with Gasteiger partial charge in [0, 0.05) is 24.2 Å². The molecule has 2 amide bonds. The molecule has 0 aromatic heterocycles. The van der Waals surface area contributed by atoms with Crippen molar-refractivity contribution in [2.45, 2.75) is 58.0 Å². The van der Waals surface area contributed by atoms with E-state index in [-0.39, 0.29) is 18.4 Å². The first kappa shape index (κ1) is 23.4. The zero-order valence-corrected chi connectivity index (χ0v) is 17.7. The summed E-state index contributed by atoms with van der Waals surface area (Å²) in [6, 6.07) is 14.5. The normalized spacial score (nSPS) is 10.5. The van der Waals surface area contributed by atoms with Crippen LogP contribution in [0.1, 0.15) is 56.9 Å². The smallest absolute Gasteiger partial charge is 0.224 e. The van der Waals surface area contributed by atoms with E-state index in [9.17, 15) is 9.59 Å². The van der Waals surface area contributed by atoms with Crippen LogP contribution in [0.2, 0.25) is 0 Å². The number of methoxy groups -OCH3 is 1. The minimum atomic E-state index is 0.00156. The fourth-order valence-electron chi connectivity index (χ4n) is 3.09. The summed E-state index contributed by atoms with van der Waals surface area (Å²) >= 11 is 0. The lowest BCUT2D eigenvalue weighted by Crippen LogP contribution is -2.11. The molecule has 0 heterocycles. The molecule has 162 valence electrons. The molecule has 6 nitrogen and oxygen atoms in total. The minimum absolute atomic E-state index is 0.00156. The lowest BCUT2D eigenvalue weighted by atomic mass is 10.1. The summed E-state index contributed by atoms with van der Waals surface area (Å²) in [6.45, 7) is 0.00156. The molecular weight excluding hydrogens is 380 g/mol. The maximum Gasteiger partial charge on any atom is 0.224 e. The Morgan fingerprint density at radius 1 is 0.733 bits per heavy atom. The highest BCUT2D eigenvalue weighted by Gasteiger charge is 2.04. The van der Waals surface area contributed by atoms with E-state index < -0.39 is 0 Å². The molecule has 0 fully saturated rings. The van der Waals surface area contributed by atoms with Crippen LogP contribution in [0.4, 0.5) is 11.4 Å². The Morgan fingerprint density at radius 2 is 1.17 bits per heavy atom. The average Bonchev–Trinajstić information content (AvgIpc) is 2.76. The Bertz CT molecular complexity index is 705. The van der Waals surface area contributed by atoms with Gasteiger partial charge in [0.25, 0.3) is 0 Å². The Hall–Kier alpha value is -2.86. The van der Waals surface area contributed by atoms with Gasteiger partial charge in [0.15, 0.2) is 0 Å². The molecule has 6 heteroatoms. The molecule has 2 aromatic rings. The van der Waals surface area contributed by atoms with Gasteiger partial charge in [0.05, 0.1) is 13.7 Å². The zero-order valence-electron chi connectivity index (χ0n) is 17.7. The van der Waals surface area contributed by atoms with Gasteiger partial charge in [-0.25, -0.2) is 0 Å². The highest BCUT2D eigenvalue weighted by molar-refractivity contribution is 5.91. The third kappa shape index (κ3) is 9.09. The lowest BCUT2D eigenvalue weighted by Gasteiger charge is -2.07. The molecule has 0 radical (unpaired) electrons. The predicted molar refractivity (Wildman–Crippen MR) is 120 cm³/mol. The maximum atomic E-state index is 12.0. The van der Waals surface area contributed by atoms with Crippen molar-refractivity contribution in [2.75, 3.05) is 17.7 Å². The monoisotopic (exact) mass is 412 g/mol. The largest absolute Gasteiger partial charge is 0.497 e. The molecule has 3 N–H and O–H groups in total. The molecule has 0 spiro atoms. The molecule has 0 bridgehead atoms. The number of hydrogen-bond acceptors (Lipinski definition) is 4. The van der Waals surface area contributed by atoms with Gasteiger partial charge in [0.1, 0.15) is 5.75 Å². The molecule has 0 aliphatic rings. The number of amides is 2. The van der Waals surface area contributed by atoms with Gasteiger partial charge in [0.2, 0.25) is 11.8 Å². The topological polar surface area (TPSA) is 87.7 Å². The fraction of sp³-hybridized carbons (Fsp3) is 0.417. The molecule has 2 aromatic carbocycles. The number of unbranched alkanes of at least 4 members (excludes halogenated alkanes) is 5. The van der Waals surface area contributed by atoms with E-state index in [1.165, 1.54) is 0 Å². The van der Waals surface area contributed by atoms with Gasteiger partial charge < -0.3 is 20.5 Å². The molecule has 0 saturated carbocycles. The van der Waals surface area contributed by atoms with Crippen LogP contribution in [0.5, 0.6) is 5.75 Å². The minimum Gasteiger partial charge on any atom is -0.497 e. The van der Waals surface area contributed by atoms with Gasteiger partial charge in [-0.3, -0.25) is 9.59 Å². The highest BCUT2D eigenvalue weighted by Crippen LogP contribution is 2.16. The fourth-order valence-corrected chi connectivity index (χ4v) is 3.09. The molecule has 0 aliphatic heterocycles. The van der Waals surface area contributed by atoms with Crippen molar-refractivity contribution in [3.8, 4) is 5.75 Å². The van der Waals surface area contributed by atoms with E-state index in [0.29, 0.717) is 12.8 Å². The second-order valence-electron chi connectivity index (χ2n) is 7.30. The van der Waals surface area contributed by atoms with Crippen molar-refractivity contribution in [1.82, 2.24) is 0 Å². The molecular formula is C24H32N2O4. The van der Waals surface area contributed by atoms with Crippen LogP contribution in [0, 0.1) is 0 Å². The van der Waals surface area contributed by atoms with Crippen molar-refractivity contribution < 1.29 is 19.4 Å². The van der Waals surface area contributed by atoms with E-state index in [1.54, 1.807) is 31.4 Å². The van der Waals surface area contributed by atoms with Crippen LogP contribution in [0.25, 0.3) is 0 Å². The molecule has 2 rings (SSSR count). The SMILES string of the molecule is COc1ccc(NC(=O)CCCCCCCCC(=O)Nc2ccc(CO)cc2)cc1. The third-order valence-electron chi connectivity index (χ3n) is 4.85. The average molecular weight is 413 g/mol. The quantitative estimate of drug-likeness (QED) is 0.409. The van der Waals surface area contributed by atoms with Gasteiger partial charge in [-0.05, 0) is 54.8 Å². The van der Waals surface area contributed by atoms with Crippen molar-refractivity contribution in [1.29, 1.82) is 0 Å². The summed E-state index contributed by atoms with van der Waals surface area (Å²) in [4.78, 5) is 23.9. The summed E-state index contributed by atoms with van der Waals surface area (Å²) in [7, 11) is 1.61. The van der Waals surface area contributed by atoms with Crippen molar-refractivity contribution >= 4 is 23.2 Å². The number of ether oxygens (including phenoxy) is 1. The Kier molecular flexibility index (Phi) is 10.4. The summed E-state index contributed by atoms with van der Waals surface area (Å²) < 4.78 is 5.10. The number of carbonyl (C=O) groups excluding carboxylic acids is 2. The molecule has 0 saturated heterocycles. The van der Waals surface area contributed by atoms with Crippen LogP contribution in [0.15, 0.2) is 48.5 Å². The van der Waals surface area contributed by atoms with E-state index in [2.05, 4.69) is 10.6 Å². The summed E-state index contributed by atoms with van der Waals surface area (Å²) in [5.74, 6) is 0.813. The number of nitrogens with one attached hydrogen (secondary N) is 2. The summed E-state index contributed by atoms with van der Waals surface area (Å²) in [5, 5.41) is 14.8. The van der Waals surface area contributed by atoms with E-state index in [4.69, 9.17) is 9.84 Å². The van der Waals surface area contributed by atoms with Crippen LogP contribution >= 0.6 is 0 Å². The number of rotatable bonds is 13. The van der Waals surface area contributed by atoms with Crippen LogP contribution < -0.4 is 15.4 Å². The number of aliphatic hydroxyl groups is 1. The van der Waals surface area contributed by atoms with Crippen LogP contribution in [0.3, 0.4) is 0 Å². The van der Waals surface area contributed by atoms with Crippen molar-refractivity contribution in [3.63, 3.8) is 0 Å². The van der Waals surface area contributed by atoms with Gasteiger partial charge in [-0.1, -0.05) is 37.8 Å². The number of anilines is 2. The Labute approximate surface area is 178 Å². The Balaban J connectivity index is 1.47. The van der Waals surface area contributed by atoms with E-state index in [0.717, 1.165) is 61.2 Å². The number of benzene rings is 2. The van der Waals surface area contributed by atoms with Crippen LogP contribution in [-0.4, -0.2) is 24.0 Å². The summed E-state index contributed by atoms with van der Waals surface area (Å²) in [5.41, 5.74) is 2.36. The van der Waals surface area contributed by atoms with E-state index in [1.807, 2.05) is 24.3 Å². The molecule has 0 aliphatic carbocycles. The highest BCUT2D eigenvalue weighted by atomic mass is 16.5. The molecule has 0 unspecified atom stereocenters. The zero-order chi connectivity index (χ0) is 21.6. The van der Waals surface area contributed by atoms with Crippen molar-refractivity contribution in [3.05, 3.63) is 54.1 Å². The maximum absolute atomic E-state index is 12.0. The second kappa shape index (κ2) is 13.4. The first-order chi connectivity index (χ1) is 14.6. The van der Waals surface area contributed by atoms with Gasteiger partial charge in [-0.2, -0.15) is 0 Å². The number of carbonyl (C=O) groups is 2. The number of hydrogen-bond donors (Lipinski definition) is 3. The Morgan fingerprint density at radius 3 is 1.60 bits per heavy atom. The van der Waals surface area contributed by atoms with Gasteiger partial charge in [-0.15, -0.1) is 0 Å². The van der Waals surface area contributed by atoms with Crippen LogP contribution in [-0.2, 0) is 16.2 Å². The second-order valence-corrected chi connectivity index (χ2v) is 7.30. The molecule has 30 heavy (non-hydrogen) atoms. The van der Waals surface area contributed by atoms with Gasteiger partial charge >= 0.3 is 0 Å². The number of aliphatic hydroxyl groups excluding tert-OH is 1. The third-order valence-corrected chi connectivity index (χ3v) is 4.85. The van der Waals surface area contributed by atoms with Crippen molar-refractivity contribution in [2.24, 2.45) is 0 Å².